The molecule has 0 radical (unpaired) electrons. The molecule has 0 fully saturated rings. The quantitative estimate of drug-likeness (QED) is 0.752. The molecular formula is C20H21N3O2. The molecule has 0 saturated heterocycles. The Morgan fingerprint density at radius 1 is 1.08 bits per heavy atom. The van der Waals surface area contributed by atoms with Gasteiger partial charge in [-0.1, -0.05) is 24.3 Å². The highest BCUT2D eigenvalue weighted by atomic mass is 16.2. The molecule has 0 saturated carbocycles. The van der Waals surface area contributed by atoms with Gasteiger partial charge in [0.05, 0.1) is 0 Å². The summed E-state index contributed by atoms with van der Waals surface area (Å²) in [5, 5.41) is 6.84. The normalized spacial score (nSPS) is 10.6. The average Bonchev–Trinajstić information content (AvgIpc) is 2.91. The number of carbonyl (C=O) groups excluding carboxylic acids is 2. The van der Waals surface area contributed by atoms with Gasteiger partial charge in [-0.2, -0.15) is 0 Å². The summed E-state index contributed by atoms with van der Waals surface area (Å²) in [7, 11) is 2.03. The number of hydrogen-bond acceptors (Lipinski definition) is 2. The van der Waals surface area contributed by atoms with E-state index in [1.165, 1.54) is 23.4 Å². The lowest BCUT2D eigenvalue weighted by Crippen LogP contribution is -2.25. The van der Waals surface area contributed by atoms with Crippen molar-refractivity contribution in [3.8, 4) is 0 Å². The molecule has 2 N–H and O–H groups in total. The molecular weight excluding hydrogens is 314 g/mol. The predicted molar refractivity (Wildman–Crippen MR) is 99.7 cm³/mol. The van der Waals surface area contributed by atoms with Crippen LogP contribution in [-0.4, -0.2) is 22.9 Å². The lowest BCUT2D eigenvalue weighted by atomic mass is 10.1. The van der Waals surface area contributed by atoms with Gasteiger partial charge in [0.1, 0.15) is 0 Å². The topological polar surface area (TPSA) is 63.1 Å². The van der Waals surface area contributed by atoms with Crippen molar-refractivity contribution in [3.05, 3.63) is 65.9 Å². The summed E-state index contributed by atoms with van der Waals surface area (Å²) in [6.07, 6.45) is 2.87. The second-order valence-corrected chi connectivity index (χ2v) is 6.05. The number of hydrogen-bond donors (Lipinski definition) is 2. The highest BCUT2D eigenvalue weighted by molar-refractivity contribution is 5.96. The van der Waals surface area contributed by atoms with Crippen LogP contribution in [0.2, 0.25) is 0 Å². The molecule has 0 bridgehead atoms. The van der Waals surface area contributed by atoms with Crippen LogP contribution in [0.5, 0.6) is 0 Å². The van der Waals surface area contributed by atoms with E-state index in [2.05, 4.69) is 33.5 Å². The summed E-state index contributed by atoms with van der Waals surface area (Å²) >= 11 is 0. The maximum atomic E-state index is 12.3. The number of anilines is 1. The summed E-state index contributed by atoms with van der Waals surface area (Å²) in [5.74, 6) is -0.305. The minimum absolute atomic E-state index is 0.146. The van der Waals surface area contributed by atoms with Crippen LogP contribution >= 0.6 is 0 Å². The third-order valence-corrected chi connectivity index (χ3v) is 4.10. The first-order valence-corrected chi connectivity index (χ1v) is 8.23. The van der Waals surface area contributed by atoms with Gasteiger partial charge in [-0.05, 0) is 36.2 Å². The van der Waals surface area contributed by atoms with Gasteiger partial charge in [-0.25, -0.2) is 0 Å². The Labute approximate surface area is 146 Å². The lowest BCUT2D eigenvalue weighted by Gasteiger charge is -2.07. The van der Waals surface area contributed by atoms with Gasteiger partial charge in [0, 0.05) is 48.9 Å². The third kappa shape index (κ3) is 3.88. The maximum Gasteiger partial charge on any atom is 0.251 e. The second kappa shape index (κ2) is 7.21. The number of rotatable bonds is 5. The summed E-state index contributed by atoms with van der Waals surface area (Å²) < 4.78 is 2.10. The minimum Gasteiger partial charge on any atom is -0.352 e. The van der Waals surface area contributed by atoms with Crippen LogP contribution < -0.4 is 10.6 Å². The minimum atomic E-state index is -0.159. The Morgan fingerprint density at radius 2 is 1.88 bits per heavy atom. The van der Waals surface area contributed by atoms with Crippen LogP contribution in [0.15, 0.2) is 54.7 Å². The Bertz CT molecular complexity index is 928. The summed E-state index contributed by atoms with van der Waals surface area (Å²) in [4.78, 5) is 23.4. The number of para-hydroxylation sites is 1. The maximum absolute atomic E-state index is 12.3. The zero-order valence-electron chi connectivity index (χ0n) is 14.4. The molecule has 1 aromatic heterocycles. The summed E-state index contributed by atoms with van der Waals surface area (Å²) in [5.41, 5.74) is 3.55. The van der Waals surface area contributed by atoms with E-state index in [0.717, 1.165) is 6.42 Å². The lowest BCUT2D eigenvalue weighted by molar-refractivity contribution is -0.114. The molecule has 3 aromatic rings. The number of carbonyl (C=O) groups is 2. The molecule has 5 nitrogen and oxygen atoms in total. The van der Waals surface area contributed by atoms with Crippen molar-refractivity contribution in [2.45, 2.75) is 13.3 Å². The van der Waals surface area contributed by atoms with E-state index in [9.17, 15) is 9.59 Å². The van der Waals surface area contributed by atoms with Crippen molar-refractivity contribution in [1.29, 1.82) is 0 Å². The number of aryl methyl sites for hydroxylation is 1. The zero-order chi connectivity index (χ0) is 17.8. The molecule has 1 heterocycles. The number of fused-ring (bicyclic) bond motifs is 1. The number of nitrogens with zero attached hydrogens (tertiary/aromatic N) is 1. The largest absolute Gasteiger partial charge is 0.352 e. The van der Waals surface area contributed by atoms with E-state index in [4.69, 9.17) is 0 Å². The van der Waals surface area contributed by atoms with Crippen molar-refractivity contribution < 1.29 is 9.59 Å². The Morgan fingerprint density at radius 3 is 2.68 bits per heavy atom. The van der Waals surface area contributed by atoms with E-state index in [-0.39, 0.29) is 11.8 Å². The van der Waals surface area contributed by atoms with E-state index in [1.54, 1.807) is 24.3 Å². The monoisotopic (exact) mass is 335 g/mol. The Kier molecular flexibility index (Phi) is 4.84. The number of amides is 2. The van der Waals surface area contributed by atoms with E-state index in [1.807, 2.05) is 19.2 Å². The molecule has 0 unspecified atom stereocenters. The van der Waals surface area contributed by atoms with Gasteiger partial charge in [0.15, 0.2) is 0 Å². The van der Waals surface area contributed by atoms with E-state index in [0.29, 0.717) is 17.8 Å². The van der Waals surface area contributed by atoms with Crippen LogP contribution in [-0.2, 0) is 18.3 Å². The van der Waals surface area contributed by atoms with Crippen LogP contribution in [0, 0.1) is 0 Å². The SMILES string of the molecule is CC(=O)Nc1cccc(C(=O)NCCc2cn(C)c3ccccc23)c1. The van der Waals surface area contributed by atoms with Gasteiger partial charge in [-0.15, -0.1) is 0 Å². The molecule has 3 rings (SSSR count). The van der Waals surface area contributed by atoms with Gasteiger partial charge >= 0.3 is 0 Å². The summed E-state index contributed by atoms with van der Waals surface area (Å²) in [6.45, 7) is 1.99. The molecule has 0 aliphatic heterocycles. The van der Waals surface area contributed by atoms with Crippen molar-refractivity contribution in [2.75, 3.05) is 11.9 Å². The second-order valence-electron chi connectivity index (χ2n) is 6.05. The van der Waals surface area contributed by atoms with Gasteiger partial charge in [0.25, 0.3) is 5.91 Å². The highest BCUT2D eigenvalue weighted by Crippen LogP contribution is 2.20. The van der Waals surface area contributed by atoms with E-state index < -0.39 is 0 Å². The van der Waals surface area contributed by atoms with Crippen LogP contribution in [0.4, 0.5) is 5.69 Å². The number of benzene rings is 2. The molecule has 25 heavy (non-hydrogen) atoms. The Hall–Kier alpha value is -3.08. The molecule has 5 heteroatoms. The van der Waals surface area contributed by atoms with Crippen molar-refractivity contribution in [1.82, 2.24) is 9.88 Å². The number of nitrogens with one attached hydrogen (secondary N) is 2. The van der Waals surface area contributed by atoms with Crippen LogP contribution in [0.25, 0.3) is 10.9 Å². The molecule has 128 valence electrons. The molecule has 2 aromatic carbocycles. The Balaban J connectivity index is 1.63. The first-order valence-electron chi connectivity index (χ1n) is 8.23. The van der Waals surface area contributed by atoms with Crippen molar-refractivity contribution >= 4 is 28.4 Å². The summed E-state index contributed by atoms with van der Waals surface area (Å²) in [6, 6.07) is 15.2. The van der Waals surface area contributed by atoms with Crippen molar-refractivity contribution in [2.24, 2.45) is 7.05 Å². The fourth-order valence-corrected chi connectivity index (χ4v) is 2.98. The average molecular weight is 335 g/mol. The number of aromatic nitrogens is 1. The predicted octanol–water partition coefficient (Wildman–Crippen LogP) is 3.11. The standard InChI is InChI=1S/C20H21N3O2/c1-14(24)22-17-7-5-6-15(12-17)20(25)21-11-10-16-13-23(2)19-9-4-3-8-18(16)19/h3-9,12-13H,10-11H2,1-2H3,(H,21,25)(H,22,24). The van der Waals surface area contributed by atoms with Crippen molar-refractivity contribution in [3.63, 3.8) is 0 Å². The fraction of sp³-hybridized carbons (Fsp3) is 0.200. The van der Waals surface area contributed by atoms with Gasteiger partial charge in [-0.3, -0.25) is 9.59 Å². The first-order chi connectivity index (χ1) is 12.0. The molecule has 0 aliphatic carbocycles. The molecule has 2 amide bonds. The van der Waals surface area contributed by atoms with Gasteiger partial charge in [0.2, 0.25) is 5.91 Å². The molecule has 0 spiro atoms. The zero-order valence-corrected chi connectivity index (χ0v) is 14.4. The van der Waals surface area contributed by atoms with Crippen LogP contribution in [0.1, 0.15) is 22.8 Å². The first kappa shape index (κ1) is 16.8. The van der Waals surface area contributed by atoms with E-state index >= 15 is 0 Å². The fourth-order valence-electron chi connectivity index (χ4n) is 2.98. The molecule has 0 aliphatic rings. The van der Waals surface area contributed by atoms with Gasteiger partial charge < -0.3 is 15.2 Å². The molecule has 0 atom stereocenters. The van der Waals surface area contributed by atoms with Crippen LogP contribution in [0.3, 0.4) is 0 Å². The smallest absolute Gasteiger partial charge is 0.251 e. The third-order valence-electron chi connectivity index (χ3n) is 4.10. The highest BCUT2D eigenvalue weighted by Gasteiger charge is 2.09.